The van der Waals surface area contributed by atoms with Crippen molar-refractivity contribution in [2.24, 2.45) is 0 Å². The fourth-order valence-electron chi connectivity index (χ4n) is 6.58. The Hall–Kier alpha value is -3.99. The number of hydrogen-bond acceptors (Lipinski definition) is 6. The topological polar surface area (TPSA) is 94.0 Å². The highest BCUT2D eigenvalue weighted by Crippen LogP contribution is 2.40. The van der Waals surface area contributed by atoms with Crippen LogP contribution in [-0.2, 0) is 33.8 Å². The van der Waals surface area contributed by atoms with Gasteiger partial charge in [0.2, 0.25) is 0 Å². The maximum Gasteiger partial charge on any atom is 0.410 e. The molecule has 0 N–H and O–H groups in total. The Labute approximate surface area is 271 Å². The lowest BCUT2D eigenvalue weighted by Gasteiger charge is -2.35. The molecule has 12 heteroatoms. The second-order valence-corrected chi connectivity index (χ2v) is 13.5. The van der Waals surface area contributed by atoms with Crippen LogP contribution in [0.25, 0.3) is 11.1 Å². The fraction of sp³-hybridized carbons (Fsp3) is 0.471. The second-order valence-electron chi connectivity index (χ2n) is 13.1. The Morgan fingerprint density at radius 1 is 1.11 bits per heavy atom. The molecule has 4 heterocycles. The van der Waals surface area contributed by atoms with Gasteiger partial charge in [-0.25, -0.2) is 23.4 Å². The summed E-state index contributed by atoms with van der Waals surface area (Å²) >= 11 is 6.73. The third kappa shape index (κ3) is 6.09. The predicted molar refractivity (Wildman–Crippen MR) is 167 cm³/mol. The van der Waals surface area contributed by atoms with Crippen LogP contribution < -0.4 is 0 Å². The highest BCUT2D eigenvalue weighted by atomic mass is 35.5. The molecule has 9 nitrogen and oxygen atoms in total. The molecule has 3 aliphatic heterocycles. The number of nitrogens with zero attached hydrogens (tertiary/aromatic N) is 4. The van der Waals surface area contributed by atoms with Crippen molar-refractivity contribution >= 4 is 29.6 Å². The molecule has 2 aromatic carbocycles. The first-order valence-corrected chi connectivity index (χ1v) is 15.9. The van der Waals surface area contributed by atoms with Crippen molar-refractivity contribution in [2.75, 3.05) is 19.7 Å². The van der Waals surface area contributed by atoms with Gasteiger partial charge in [0, 0.05) is 47.3 Å². The van der Waals surface area contributed by atoms with E-state index in [1.54, 1.807) is 44.4 Å². The van der Waals surface area contributed by atoms with E-state index in [1.807, 2.05) is 24.3 Å². The van der Waals surface area contributed by atoms with Crippen LogP contribution in [0, 0.1) is 0 Å². The van der Waals surface area contributed by atoms with Crippen LogP contribution in [0.2, 0.25) is 5.02 Å². The van der Waals surface area contributed by atoms with Crippen molar-refractivity contribution in [1.29, 1.82) is 0 Å². The number of fused-ring (bicyclic) bond motifs is 2. The van der Waals surface area contributed by atoms with Crippen LogP contribution in [0.1, 0.15) is 78.9 Å². The molecule has 1 saturated heterocycles. The zero-order valence-corrected chi connectivity index (χ0v) is 27.0. The minimum absolute atomic E-state index is 0.0384. The minimum atomic E-state index is -1.25. The van der Waals surface area contributed by atoms with Crippen LogP contribution in [0.5, 0.6) is 0 Å². The van der Waals surface area contributed by atoms with Crippen molar-refractivity contribution in [3.8, 4) is 11.1 Å². The number of likely N-dealkylation sites (tertiary alicyclic amines) is 1. The zero-order chi connectivity index (χ0) is 32.9. The van der Waals surface area contributed by atoms with E-state index in [2.05, 4.69) is 4.98 Å². The Bertz CT molecular complexity index is 1670. The highest BCUT2D eigenvalue weighted by Gasteiger charge is 2.43. The van der Waals surface area contributed by atoms with Gasteiger partial charge in [0.25, 0.3) is 5.91 Å². The zero-order valence-electron chi connectivity index (χ0n) is 26.3. The van der Waals surface area contributed by atoms with Crippen LogP contribution >= 0.6 is 11.6 Å². The highest BCUT2D eigenvalue weighted by molar-refractivity contribution is 6.32. The van der Waals surface area contributed by atoms with Crippen molar-refractivity contribution in [3.05, 3.63) is 75.8 Å². The second kappa shape index (κ2) is 12.3. The molecule has 3 aromatic rings. The first-order chi connectivity index (χ1) is 21.8. The summed E-state index contributed by atoms with van der Waals surface area (Å²) in [4.78, 5) is 46.7. The Balaban J connectivity index is 1.21. The Morgan fingerprint density at radius 3 is 2.52 bits per heavy atom. The molecule has 0 saturated carbocycles. The number of esters is 1. The van der Waals surface area contributed by atoms with E-state index in [0.29, 0.717) is 46.1 Å². The smallest absolute Gasteiger partial charge is 0.410 e. The molecule has 0 radical (unpaired) electrons. The van der Waals surface area contributed by atoms with E-state index >= 15 is 4.39 Å². The average molecular weight is 655 g/mol. The molecule has 1 unspecified atom stereocenters. The van der Waals surface area contributed by atoms with Gasteiger partial charge in [0.15, 0.2) is 6.04 Å². The van der Waals surface area contributed by atoms with Gasteiger partial charge < -0.3 is 23.8 Å². The van der Waals surface area contributed by atoms with E-state index in [9.17, 15) is 18.8 Å². The third-order valence-corrected chi connectivity index (χ3v) is 9.09. The standard InChI is InChI=1S/C34H37ClF2N4O5/c1-5-45-32(43)30(29-28-14-22(36)15-40(28)18-38-29)41-16-25-24(31(41)42)12-21(13-26(25)35)19-6-8-20(9-7-19)23-10-11-39(17-27(23)37)33(44)46-34(2,3)4/h6-9,12-13,18,22-23,27,30H,5,10-11,14-17H2,1-4H3/t22-,23-,27+,30?/m1/s1. The number of carbonyl (C=O) groups is 3. The SMILES string of the molecule is CCOC(=O)C(c1ncn2c1C[C@@H](F)C2)N1Cc2c(Cl)cc(-c3ccc([C@H]4CCN(C(=O)OC(C)(C)C)C[C@@H]4F)cc3)cc2C1=O. The minimum Gasteiger partial charge on any atom is -0.464 e. The summed E-state index contributed by atoms with van der Waals surface area (Å²) in [6.45, 7) is 7.70. The number of amides is 2. The summed E-state index contributed by atoms with van der Waals surface area (Å²) in [6, 6.07) is 9.81. The molecule has 6 rings (SSSR count). The van der Waals surface area contributed by atoms with E-state index in [4.69, 9.17) is 21.1 Å². The van der Waals surface area contributed by atoms with Gasteiger partial charge in [0.1, 0.15) is 17.9 Å². The number of imidazole rings is 1. The van der Waals surface area contributed by atoms with Gasteiger partial charge in [-0.2, -0.15) is 0 Å². The van der Waals surface area contributed by atoms with E-state index < -0.39 is 42.0 Å². The average Bonchev–Trinajstić information content (AvgIpc) is 3.66. The molecule has 4 atom stereocenters. The predicted octanol–water partition coefficient (Wildman–Crippen LogP) is 6.42. The van der Waals surface area contributed by atoms with Crippen molar-refractivity contribution < 1.29 is 32.6 Å². The van der Waals surface area contributed by atoms with Gasteiger partial charge in [-0.1, -0.05) is 35.9 Å². The number of piperidine rings is 1. The molecule has 46 heavy (non-hydrogen) atoms. The van der Waals surface area contributed by atoms with Crippen LogP contribution in [-0.4, -0.2) is 75.0 Å². The molecule has 0 spiro atoms. The number of hydrogen-bond donors (Lipinski definition) is 0. The molecule has 1 aromatic heterocycles. The number of alkyl halides is 2. The molecule has 3 aliphatic rings. The molecule has 244 valence electrons. The monoisotopic (exact) mass is 654 g/mol. The van der Waals surface area contributed by atoms with Crippen LogP contribution in [0.3, 0.4) is 0 Å². The van der Waals surface area contributed by atoms with E-state index in [0.717, 1.165) is 11.1 Å². The van der Waals surface area contributed by atoms with Crippen molar-refractivity contribution in [2.45, 2.75) is 83.5 Å². The number of ether oxygens (including phenoxy) is 2. The molecule has 1 fully saturated rings. The largest absolute Gasteiger partial charge is 0.464 e. The van der Waals surface area contributed by atoms with E-state index in [1.165, 1.54) is 16.1 Å². The first kappa shape index (κ1) is 32.0. The van der Waals surface area contributed by atoms with Gasteiger partial charge in [-0.15, -0.1) is 0 Å². The number of benzene rings is 2. The van der Waals surface area contributed by atoms with Gasteiger partial charge in [-0.05, 0) is 62.9 Å². The summed E-state index contributed by atoms with van der Waals surface area (Å²) < 4.78 is 41.9. The number of aromatic nitrogens is 2. The summed E-state index contributed by atoms with van der Waals surface area (Å²) in [5.41, 5.74) is 3.47. The Kier molecular flexibility index (Phi) is 8.56. The summed E-state index contributed by atoms with van der Waals surface area (Å²) in [6.07, 6.45) is -0.786. The van der Waals surface area contributed by atoms with Crippen LogP contribution in [0.15, 0.2) is 42.7 Å². The number of rotatable bonds is 6. The quantitative estimate of drug-likeness (QED) is 0.285. The number of halogens is 3. The fourth-order valence-corrected chi connectivity index (χ4v) is 6.86. The summed E-state index contributed by atoms with van der Waals surface area (Å²) in [7, 11) is 0. The Morgan fingerprint density at radius 2 is 1.85 bits per heavy atom. The molecule has 0 aliphatic carbocycles. The van der Waals surface area contributed by atoms with Crippen molar-refractivity contribution in [3.63, 3.8) is 0 Å². The molecular formula is C34H37ClF2N4O5. The molecule has 2 amide bonds. The first-order valence-electron chi connectivity index (χ1n) is 15.5. The summed E-state index contributed by atoms with van der Waals surface area (Å²) in [5.74, 6) is -1.41. The van der Waals surface area contributed by atoms with E-state index in [-0.39, 0.29) is 38.6 Å². The van der Waals surface area contributed by atoms with Crippen LogP contribution in [0.4, 0.5) is 13.6 Å². The lowest BCUT2D eigenvalue weighted by molar-refractivity contribution is -0.149. The maximum absolute atomic E-state index is 15.3. The maximum atomic E-state index is 15.3. The number of carbonyl (C=O) groups excluding carboxylic acids is 3. The lowest BCUT2D eigenvalue weighted by Crippen LogP contribution is -2.46. The molecular weight excluding hydrogens is 618 g/mol. The molecule has 0 bridgehead atoms. The third-order valence-electron chi connectivity index (χ3n) is 8.75. The van der Waals surface area contributed by atoms with Crippen molar-refractivity contribution in [1.82, 2.24) is 19.4 Å². The normalized spacial score (nSPS) is 21.6. The van der Waals surface area contributed by atoms with Gasteiger partial charge in [-0.3, -0.25) is 4.79 Å². The van der Waals surface area contributed by atoms with Gasteiger partial charge in [0.05, 0.1) is 31.7 Å². The van der Waals surface area contributed by atoms with Gasteiger partial charge >= 0.3 is 12.1 Å². The summed E-state index contributed by atoms with van der Waals surface area (Å²) in [5, 5.41) is 0.368. The lowest BCUT2D eigenvalue weighted by atomic mass is 9.87.